The highest BCUT2D eigenvalue weighted by Crippen LogP contribution is 2.29. The zero-order valence-electron chi connectivity index (χ0n) is 10.5. The summed E-state index contributed by atoms with van der Waals surface area (Å²) in [5.41, 5.74) is 3.00. The average Bonchev–Trinajstić information content (AvgIpc) is 2.31. The fourth-order valence-electron chi connectivity index (χ4n) is 2.17. The van der Waals surface area contributed by atoms with Crippen LogP contribution in [-0.2, 0) is 12.8 Å². The SMILES string of the molecule is CC.CC(C)C1CCc2cnccc2C1. The van der Waals surface area contributed by atoms with Gasteiger partial charge in [-0.25, -0.2) is 0 Å². The zero-order valence-corrected chi connectivity index (χ0v) is 10.5. The molecule has 0 saturated heterocycles. The van der Waals surface area contributed by atoms with Gasteiger partial charge in [-0.2, -0.15) is 0 Å². The zero-order chi connectivity index (χ0) is 11.3. The number of rotatable bonds is 1. The number of hydrogen-bond donors (Lipinski definition) is 0. The highest BCUT2D eigenvalue weighted by atomic mass is 14.6. The Labute approximate surface area is 93.9 Å². The Balaban J connectivity index is 0.000000531. The normalized spacial score (nSPS) is 19.1. The fraction of sp³-hybridized carbons (Fsp3) is 0.643. The van der Waals surface area contributed by atoms with Crippen LogP contribution in [0, 0.1) is 11.8 Å². The van der Waals surface area contributed by atoms with E-state index in [1.807, 2.05) is 26.2 Å². The smallest absolute Gasteiger partial charge is 0.0302 e. The number of fused-ring (bicyclic) bond motifs is 1. The molecule has 0 saturated carbocycles. The first-order chi connectivity index (χ1) is 7.27. The predicted molar refractivity (Wildman–Crippen MR) is 65.9 cm³/mol. The predicted octanol–water partition coefficient (Wildman–Crippen LogP) is 3.87. The topological polar surface area (TPSA) is 12.9 Å². The molecule has 0 bridgehead atoms. The molecule has 0 aliphatic heterocycles. The number of aromatic nitrogens is 1. The van der Waals surface area contributed by atoms with E-state index in [0.29, 0.717) is 0 Å². The van der Waals surface area contributed by atoms with Gasteiger partial charge in [-0.1, -0.05) is 27.7 Å². The number of aryl methyl sites for hydroxylation is 1. The number of nitrogens with zero attached hydrogens (tertiary/aromatic N) is 1. The molecular formula is C14H23N. The van der Waals surface area contributed by atoms with Gasteiger partial charge in [0.2, 0.25) is 0 Å². The molecule has 1 heterocycles. The number of hydrogen-bond acceptors (Lipinski definition) is 1. The average molecular weight is 205 g/mol. The lowest BCUT2D eigenvalue weighted by molar-refractivity contribution is 0.342. The molecule has 1 aromatic rings. The van der Waals surface area contributed by atoms with Crippen LogP contribution < -0.4 is 0 Å². The Kier molecular flexibility index (Phi) is 4.80. The van der Waals surface area contributed by atoms with Gasteiger partial charge in [0.05, 0.1) is 0 Å². The van der Waals surface area contributed by atoms with Gasteiger partial charge < -0.3 is 0 Å². The molecule has 1 heteroatoms. The van der Waals surface area contributed by atoms with Crippen molar-refractivity contribution >= 4 is 0 Å². The van der Waals surface area contributed by atoms with Crippen LogP contribution in [0.4, 0.5) is 0 Å². The lowest BCUT2D eigenvalue weighted by atomic mass is 9.79. The van der Waals surface area contributed by atoms with Crippen molar-refractivity contribution in [3.63, 3.8) is 0 Å². The maximum atomic E-state index is 4.17. The van der Waals surface area contributed by atoms with E-state index in [1.165, 1.54) is 30.4 Å². The van der Waals surface area contributed by atoms with Gasteiger partial charge in [-0.3, -0.25) is 4.98 Å². The molecule has 0 radical (unpaired) electrons. The molecule has 1 nitrogen and oxygen atoms in total. The maximum Gasteiger partial charge on any atom is 0.0302 e. The van der Waals surface area contributed by atoms with Gasteiger partial charge in [0.25, 0.3) is 0 Å². The minimum atomic E-state index is 0.821. The standard InChI is InChI=1S/C12H17N.C2H6/c1-9(2)10-3-4-12-8-13-6-5-11(12)7-10;1-2/h5-6,8-10H,3-4,7H2,1-2H3;1-2H3. The molecule has 2 rings (SSSR count). The highest BCUT2D eigenvalue weighted by molar-refractivity contribution is 5.26. The van der Waals surface area contributed by atoms with Crippen molar-refractivity contribution in [2.75, 3.05) is 0 Å². The third kappa shape index (κ3) is 3.05. The van der Waals surface area contributed by atoms with Crippen molar-refractivity contribution in [2.24, 2.45) is 11.8 Å². The first kappa shape index (κ1) is 12.2. The lowest BCUT2D eigenvalue weighted by Crippen LogP contribution is -2.19. The summed E-state index contributed by atoms with van der Waals surface area (Å²) in [6.45, 7) is 8.66. The summed E-state index contributed by atoms with van der Waals surface area (Å²) in [5, 5.41) is 0. The van der Waals surface area contributed by atoms with Gasteiger partial charge >= 0.3 is 0 Å². The van der Waals surface area contributed by atoms with Crippen LogP contribution in [0.5, 0.6) is 0 Å². The second-order valence-corrected chi connectivity index (χ2v) is 4.39. The van der Waals surface area contributed by atoms with E-state index in [1.54, 1.807) is 0 Å². The monoisotopic (exact) mass is 205 g/mol. The van der Waals surface area contributed by atoms with Crippen LogP contribution in [0.3, 0.4) is 0 Å². The molecule has 0 aromatic carbocycles. The molecule has 1 aliphatic rings. The van der Waals surface area contributed by atoms with Crippen molar-refractivity contribution in [1.29, 1.82) is 0 Å². The molecule has 0 fully saturated rings. The molecule has 0 N–H and O–H groups in total. The summed E-state index contributed by atoms with van der Waals surface area (Å²) in [6, 6.07) is 2.18. The van der Waals surface area contributed by atoms with Crippen molar-refractivity contribution in [3.05, 3.63) is 29.6 Å². The largest absolute Gasteiger partial charge is 0.264 e. The minimum Gasteiger partial charge on any atom is -0.264 e. The third-order valence-electron chi connectivity index (χ3n) is 3.21. The number of pyridine rings is 1. The van der Waals surface area contributed by atoms with Crippen LogP contribution in [0.25, 0.3) is 0 Å². The molecule has 0 spiro atoms. The summed E-state index contributed by atoms with van der Waals surface area (Å²) >= 11 is 0. The van der Waals surface area contributed by atoms with Crippen LogP contribution in [0.1, 0.15) is 45.2 Å². The molecule has 1 aromatic heterocycles. The molecule has 0 amide bonds. The van der Waals surface area contributed by atoms with E-state index >= 15 is 0 Å². The van der Waals surface area contributed by atoms with Crippen molar-refractivity contribution < 1.29 is 0 Å². The van der Waals surface area contributed by atoms with Crippen molar-refractivity contribution in [1.82, 2.24) is 4.98 Å². The van der Waals surface area contributed by atoms with Crippen LogP contribution in [-0.4, -0.2) is 4.98 Å². The van der Waals surface area contributed by atoms with Crippen LogP contribution >= 0.6 is 0 Å². The van der Waals surface area contributed by atoms with E-state index in [-0.39, 0.29) is 0 Å². The first-order valence-electron chi connectivity index (χ1n) is 6.19. The fourth-order valence-corrected chi connectivity index (χ4v) is 2.17. The summed E-state index contributed by atoms with van der Waals surface area (Å²) < 4.78 is 0. The van der Waals surface area contributed by atoms with Gasteiger partial charge in [0, 0.05) is 12.4 Å². The van der Waals surface area contributed by atoms with Gasteiger partial charge in [0.1, 0.15) is 0 Å². The molecule has 15 heavy (non-hydrogen) atoms. The summed E-state index contributed by atoms with van der Waals surface area (Å²) in [7, 11) is 0. The molecule has 1 atom stereocenters. The van der Waals surface area contributed by atoms with Gasteiger partial charge in [-0.15, -0.1) is 0 Å². The van der Waals surface area contributed by atoms with E-state index < -0.39 is 0 Å². The third-order valence-corrected chi connectivity index (χ3v) is 3.21. The van der Waals surface area contributed by atoms with Crippen molar-refractivity contribution in [2.45, 2.75) is 47.0 Å². The van der Waals surface area contributed by atoms with Crippen molar-refractivity contribution in [3.8, 4) is 0 Å². The van der Waals surface area contributed by atoms with E-state index in [2.05, 4.69) is 24.9 Å². The summed E-state index contributed by atoms with van der Waals surface area (Å²) in [6.07, 6.45) is 7.78. The van der Waals surface area contributed by atoms with E-state index in [4.69, 9.17) is 0 Å². The Morgan fingerprint density at radius 2 is 2.00 bits per heavy atom. The lowest BCUT2D eigenvalue weighted by Gasteiger charge is -2.26. The van der Waals surface area contributed by atoms with Crippen LogP contribution in [0.15, 0.2) is 18.5 Å². The summed E-state index contributed by atoms with van der Waals surface area (Å²) in [5.74, 6) is 1.70. The second-order valence-electron chi connectivity index (χ2n) is 4.39. The minimum absolute atomic E-state index is 0.821. The van der Waals surface area contributed by atoms with E-state index in [9.17, 15) is 0 Å². The Hall–Kier alpha value is -0.850. The molecule has 1 unspecified atom stereocenters. The van der Waals surface area contributed by atoms with Crippen LogP contribution in [0.2, 0.25) is 0 Å². The molecule has 84 valence electrons. The van der Waals surface area contributed by atoms with Gasteiger partial charge in [-0.05, 0) is 48.3 Å². The Morgan fingerprint density at radius 1 is 1.27 bits per heavy atom. The molecular weight excluding hydrogens is 182 g/mol. The first-order valence-corrected chi connectivity index (χ1v) is 6.19. The highest BCUT2D eigenvalue weighted by Gasteiger charge is 2.20. The Bertz CT molecular complexity index is 291. The Morgan fingerprint density at radius 3 is 2.67 bits per heavy atom. The maximum absolute atomic E-state index is 4.17. The quantitative estimate of drug-likeness (QED) is 0.678. The van der Waals surface area contributed by atoms with Gasteiger partial charge in [0.15, 0.2) is 0 Å². The van der Waals surface area contributed by atoms with E-state index in [0.717, 1.165) is 11.8 Å². The summed E-state index contributed by atoms with van der Waals surface area (Å²) in [4.78, 5) is 4.17. The molecule has 1 aliphatic carbocycles. The second kappa shape index (κ2) is 5.89.